The molecule has 6 heteroatoms. The zero-order valence-corrected chi connectivity index (χ0v) is 14.3. The van der Waals surface area contributed by atoms with Crippen LogP contribution in [0.4, 0.5) is 5.82 Å². The summed E-state index contributed by atoms with van der Waals surface area (Å²) in [5.74, 6) is 0.844. The number of aromatic nitrogens is 2. The van der Waals surface area contributed by atoms with Crippen LogP contribution in [0.5, 0.6) is 0 Å². The van der Waals surface area contributed by atoms with Crippen molar-refractivity contribution < 1.29 is 4.74 Å². The molecule has 1 aromatic carbocycles. The van der Waals surface area contributed by atoms with Crippen molar-refractivity contribution in [3.8, 4) is 6.07 Å². The minimum atomic E-state index is 0.432. The van der Waals surface area contributed by atoms with Crippen molar-refractivity contribution in [3.63, 3.8) is 0 Å². The average Bonchev–Trinajstić information content (AvgIpc) is 2.69. The quantitative estimate of drug-likeness (QED) is 0.928. The SMILES string of the molecule is N#Cc1ccc2ncnc(N[C@H]3CC[C@H](N4CCOCC4)CC3)c2c1. The standard InChI is InChI=1S/C19H23N5O/c20-12-14-1-6-18-17(11-14)19(22-13-21-18)23-15-2-4-16(5-3-15)24-7-9-25-10-8-24/h1,6,11,13,15-16H,2-5,7-10H2,(H,21,22,23)/t15-,16-. The molecule has 0 atom stereocenters. The van der Waals surface area contributed by atoms with E-state index in [-0.39, 0.29) is 0 Å². The number of nitrogens with one attached hydrogen (secondary N) is 1. The lowest BCUT2D eigenvalue weighted by atomic mass is 9.90. The average molecular weight is 337 g/mol. The van der Waals surface area contributed by atoms with E-state index in [2.05, 4.69) is 26.3 Å². The lowest BCUT2D eigenvalue weighted by molar-refractivity contribution is 0.00791. The van der Waals surface area contributed by atoms with Gasteiger partial charge in [-0.05, 0) is 43.9 Å². The fraction of sp³-hybridized carbons (Fsp3) is 0.526. The first kappa shape index (κ1) is 16.2. The Morgan fingerprint density at radius 3 is 2.68 bits per heavy atom. The fourth-order valence-electron chi connectivity index (χ4n) is 3.96. The van der Waals surface area contributed by atoms with Gasteiger partial charge in [0.05, 0.1) is 30.4 Å². The van der Waals surface area contributed by atoms with Gasteiger partial charge in [-0.2, -0.15) is 5.26 Å². The second-order valence-corrected chi connectivity index (χ2v) is 6.86. The molecular formula is C19H23N5O. The highest BCUT2D eigenvalue weighted by atomic mass is 16.5. The van der Waals surface area contributed by atoms with Crippen LogP contribution in [0.2, 0.25) is 0 Å². The predicted molar refractivity (Wildman–Crippen MR) is 96.3 cm³/mol. The van der Waals surface area contributed by atoms with Gasteiger partial charge in [0.1, 0.15) is 12.1 Å². The molecule has 2 aromatic rings. The first-order chi connectivity index (χ1) is 12.3. The Balaban J connectivity index is 1.43. The lowest BCUT2D eigenvalue weighted by Crippen LogP contribution is -2.46. The molecule has 2 fully saturated rings. The van der Waals surface area contributed by atoms with E-state index in [1.165, 1.54) is 12.8 Å². The van der Waals surface area contributed by atoms with Crippen molar-refractivity contribution in [1.82, 2.24) is 14.9 Å². The third-order valence-corrected chi connectivity index (χ3v) is 5.36. The fourth-order valence-corrected chi connectivity index (χ4v) is 3.96. The molecule has 2 aliphatic rings. The van der Waals surface area contributed by atoms with Gasteiger partial charge < -0.3 is 10.1 Å². The molecule has 0 radical (unpaired) electrons. The molecule has 1 saturated carbocycles. The van der Waals surface area contributed by atoms with E-state index >= 15 is 0 Å². The van der Waals surface area contributed by atoms with Crippen LogP contribution in [-0.2, 0) is 4.74 Å². The number of nitriles is 1. The van der Waals surface area contributed by atoms with Crippen LogP contribution in [0.15, 0.2) is 24.5 Å². The highest BCUT2D eigenvalue weighted by molar-refractivity contribution is 5.89. The first-order valence-corrected chi connectivity index (χ1v) is 9.06. The van der Waals surface area contributed by atoms with E-state index in [9.17, 15) is 0 Å². The monoisotopic (exact) mass is 337 g/mol. The molecule has 2 heterocycles. The number of fused-ring (bicyclic) bond motifs is 1. The Labute approximate surface area is 147 Å². The summed E-state index contributed by atoms with van der Waals surface area (Å²) >= 11 is 0. The van der Waals surface area contributed by atoms with Gasteiger partial charge in [0.15, 0.2) is 0 Å². The molecule has 1 aliphatic heterocycles. The topological polar surface area (TPSA) is 74.1 Å². The van der Waals surface area contributed by atoms with Crippen molar-refractivity contribution in [1.29, 1.82) is 5.26 Å². The maximum absolute atomic E-state index is 9.14. The summed E-state index contributed by atoms with van der Waals surface area (Å²) in [6.45, 7) is 3.87. The van der Waals surface area contributed by atoms with Crippen molar-refractivity contribution in [2.24, 2.45) is 0 Å². The maximum atomic E-state index is 9.14. The molecule has 4 rings (SSSR count). The van der Waals surface area contributed by atoms with Gasteiger partial charge in [0.2, 0.25) is 0 Å². The zero-order chi connectivity index (χ0) is 17.1. The van der Waals surface area contributed by atoms with Gasteiger partial charge in [-0.15, -0.1) is 0 Å². The number of nitrogens with zero attached hydrogens (tertiary/aromatic N) is 4. The number of anilines is 1. The van der Waals surface area contributed by atoms with Gasteiger partial charge in [-0.3, -0.25) is 4.90 Å². The molecule has 1 aliphatic carbocycles. The molecule has 1 N–H and O–H groups in total. The number of rotatable bonds is 3. The normalized spacial score (nSPS) is 24.8. The molecule has 1 saturated heterocycles. The Morgan fingerprint density at radius 2 is 1.92 bits per heavy atom. The minimum Gasteiger partial charge on any atom is -0.379 e. The molecule has 1 aromatic heterocycles. The maximum Gasteiger partial charge on any atom is 0.137 e. The Hall–Kier alpha value is -2.23. The molecule has 0 bridgehead atoms. The van der Waals surface area contributed by atoms with Crippen LogP contribution in [-0.4, -0.2) is 53.3 Å². The van der Waals surface area contributed by atoms with Gasteiger partial charge >= 0.3 is 0 Å². The summed E-state index contributed by atoms with van der Waals surface area (Å²) in [7, 11) is 0. The van der Waals surface area contributed by atoms with Crippen LogP contribution in [0.3, 0.4) is 0 Å². The minimum absolute atomic E-state index is 0.432. The molecular weight excluding hydrogens is 314 g/mol. The van der Waals surface area contributed by atoms with Crippen LogP contribution in [0.1, 0.15) is 31.2 Å². The largest absolute Gasteiger partial charge is 0.379 e. The number of ether oxygens (including phenoxy) is 1. The van der Waals surface area contributed by atoms with Gasteiger partial charge in [0, 0.05) is 30.6 Å². The summed E-state index contributed by atoms with van der Waals surface area (Å²) < 4.78 is 5.46. The smallest absolute Gasteiger partial charge is 0.137 e. The molecule has 25 heavy (non-hydrogen) atoms. The van der Waals surface area contributed by atoms with Crippen molar-refractivity contribution in [2.45, 2.75) is 37.8 Å². The number of hydrogen-bond donors (Lipinski definition) is 1. The van der Waals surface area contributed by atoms with Crippen molar-refractivity contribution in [3.05, 3.63) is 30.1 Å². The summed E-state index contributed by atoms with van der Waals surface area (Å²) in [5.41, 5.74) is 1.51. The van der Waals surface area contributed by atoms with Crippen LogP contribution in [0.25, 0.3) is 10.9 Å². The van der Waals surface area contributed by atoms with Gasteiger partial charge in [-0.25, -0.2) is 9.97 Å². The van der Waals surface area contributed by atoms with Crippen LogP contribution >= 0.6 is 0 Å². The summed E-state index contributed by atoms with van der Waals surface area (Å²) in [6, 6.07) is 8.87. The summed E-state index contributed by atoms with van der Waals surface area (Å²) in [5, 5.41) is 13.7. The molecule has 0 unspecified atom stereocenters. The van der Waals surface area contributed by atoms with Gasteiger partial charge in [0.25, 0.3) is 0 Å². The molecule has 0 amide bonds. The highest BCUT2D eigenvalue weighted by Gasteiger charge is 2.27. The Bertz CT molecular complexity index is 773. The lowest BCUT2D eigenvalue weighted by Gasteiger charge is -2.39. The number of hydrogen-bond acceptors (Lipinski definition) is 6. The van der Waals surface area contributed by atoms with E-state index in [1.54, 1.807) is 12.4 Å². The summed E-state index contributed by atoms with van der Waals surface area (Å²) in [4.78, 5) is 11.3. The highest BCUT2D eigenvalue weighted by Crippen LogP contribution is 2.28. The second kappa shape index (κ2) is 7.34. The predicted octanol–water partition coefficient (Wildman–Crippen LogP) is 2.56. The van der Waals surface area contributed by atoms with Crippen molar-refractivity contribution in [2.75, 3.05) is 31.6 Å². The van der Waals surface area contributed by atoms with Crippen LogP contribution in [0, 0.1) is 11.3 Å². The molecule has 0 spiro atoms. The van der Waals surface area contributed by atoms with E-state index in [4.69, 9.17) is 10.00 Å². The van der Waals surface area contributed by atoms with E-state index in [0.717, 1.165) is 55.9 Å². The number of morpholine rings is 1. The zero-order valence-electron chi connectivity index (χ0n) is 14.3. The number of benzene rings is 1. The first-order valence-electron chi connectivity index (χ1n) is 9.06. The third-order valence-electron chi connectivity index (χ3n) is 5.36. The van der Waals surface area contributed by atoms with E-state index < -0.39 is 0 Å². The summed E-state index contributed by atoms with van der Waals surface area (Å²) in [6.07, 6.45) is 6.31. The molecule has 130 valence electrons. The Morgan fingerprint density at radius 1 is 1.12 bits per heavy atom. The van der Waals surface area contributed by atoms with E-state index in [0.29, 0.717) is 17.6 Å². The van der Waals surface area contributed by atoms with Crippen molar-refractivity contribution >= 4 is 16.7 Å². The van der Waals surface area contributed by atoms with Crippen LogP contribution < -0.4 is 5.32 Å². The van der Waals surface area contributed by atoms with Gasteiger partial charge in [-0.1, -0.05) is 0 Å². The Kier molecular flexibility index (Phi) is 4.77. The second-order valence-electron chi connectivity index (χ2n) is 6.86. The third kappa shape index (κ3) is 3.58. The molecule has 6 nitrogen and oxygen atoms in total. The van der Waals surface area contributed by atoms with E-state index in [1.807, 2.05) is 12.1 Å².